The van der Waals surface area contributed by atoms with Crippen molar-refractivity contribution in [2.24, 2.45) is 11.8 Å². The number of hydrogen-bond acceptors (Lipinski definition) is 2. The molecule has 0 rings (SSSR count). The molecule has 1 atom stereocenters. The largest absolute Gasteiger partial charge is 0.380 e. The Kier molecular flexibility index (Phi) is 8.93. The van der Waals surface area contributed by atoms with E-state index in [0.29, 0.717) is 11.8 Å². The van der Waals surface area contributed by atoms with Crippen molar-refractivity contribution in [2.45, 2.75) is 20.8 Å². The normalized spacial score (nSPS) is 13.6. The van der Waals surface area contributed by atoms with Gasteiger partial charge in [0.15, 0.2) is 0 Å². The second-order valence-corrected chi connectivity index (χ2v) is 4.24. The van der Waals surface area contributed by atoms with Gasteiger partial charge < -0.3 is 10.1 Å². The predicted molar refractivity (Wildman–Crippen MR) is 58.4 cm³/mol. The first-order valence-electron chi connectivity index (χ1n) is 5.01. The highest BCUT2D eigenvalue weighted by Gasteiger charge is 1.98. The molecular weight excluding hydrogens is 186 g/mol. The smallest absolute Gasteiger partial charge is 0.0591 e. The second kappa shape index (κ2) is 8.79. The third kappa shape index (κ3) is 10.1. The van der Waals surface area contributed by atoms with Crippen LogP contribution in [0, 0.1) is 11.8 Å². The quantitative estimate of drug-likeness (QED) is 0.487. The summed E-state index contributed by atoms with van der Waals surface area (Å²) in [4.78, 5) is 0. The molecule has 1 unspecified atom stereocenters. The SMILES string of the molecule is CC(C)COCCNCC(C)CCl. The lowest BCUT2D eigenvalue weighted by Crippen LogP contribution is -2.26. The highest BCUT2D eigenvalue weighted by atomic mass is 35.5. The molecule has 0 aliphatic rings. The third-order valence-electron chi connectivity index (χ3n) is 1.63. The molecule has 0 aromatic heterocycles. The van der Waals surface area contributed by atoms with Gasteiger partial charge in [0.25, 0.3) is 0 Å². The molecule has 0 aromatic carbocycles. The van der Waals surface area contributed by atoms with Crippen molar-refractivity contribution in [1.29, 1.82) is 0 Å². The molecule has 3 heteroatoms. The van der Waals surface area contributed by atoms with Crippen molar-refractivity contribution < 1.29 is 4.74 Å². The maximum absolute atomic E-state index is 5.66. The second-order valence-electron chi connectivity index (χ2n) is 3.93. The van der Waals surface area contributed by atoms with Crippen molar-refractivity contribution in [2.75, 3.05) is 32.2 Å². The Morgan fingerprint density at radius 1 is 1.31 bits per heavy atom. The van der Waals surface area contributed by atoms with Crippen LogP contribution in [0.3, 0.4) is 0 Å². The van der Waals surface area contributed by atoms with E-state index in [1.807, 2.05) is 0 Å². The first-order valence-corrected chi connectivity index (χ1v) is 5.54. The zero-order valence-electron chi connectivity index (χ0n) is 8.98. The van der Waals surface area contributed by atoms with Gasteiger partial charge in [-0.2, -0.15) is 0 Å². The molecule has 13 heavy (non-hydrogen) atoms. The summed E-state index contributed by atoms with van der Waals surface area (Å²) in [5.74, 6) is 1.90. The van der Waals surface area contributed by atoms with Crippen molar-refractivity contribution in [3.05, 3.63) is 0 Å². The summed E-state index contributed by atoms with van der Waals surface area (Å²) in [6, 6.07) is 0. The van der Waals surface area contributed by atoms with Gasteiger partial charge in [0.05, 0.1) is 6.61 Å². The minimum absolute atomic E-state index is 0.548. The average Bonchev–Trinajstić information content (AvgIpc) is 2.10. The van der Waals surface area contributed by atoms with Gasteiger partial charge in [-0.15, -0.1) is 11.6 Å². The zero-order chi connectivity index (χ0) is 10.1. The van der Waals surface area contributed by atoms with Gasteiger partial charge in [0.1, 0.15) is 0 Å². The number of rotatable bonds is 8. The fourth-order valence-corrected chi connectivity index (χ4v) is 0.975. The van der Waals surface area contributed by atoms with Crippen molar-refractivity contribution in [1.82, 2.24) is 5.32 Å². The standard InChI is InChI=1S/C10H22ClNO/c1-9(2)8-13-5-4-12-7-10(3)6-11/h9-10,12H,4-8H2,1-3H3. The van der Waals surface area contributed by atoms with Gasteiger partial charge >= 0.3 is 0 Å². The molecule has 0 spiro atoms. The molecule has 0 aromatic rings. The van der Waals surface area contributed by atoms with Crippen LogP contribution >= 0.6 is 11.6 Å². The van der Waals surface area contributed by atoms with Gasteiger partial charge in [-0.3, -0.25) is 0 Å². The number of ether oxygens (including phenoxy) is 1. The van der Waals surface area contributed by atoms with E-state index in [1.165, 1.54) is 0 Å². The molecule has 0 radical (unpaired) electrons. The molecule has 0 heterocycles. The fourth-order valence-electron chi connectivity index (χ4n) is 0.866. The lowest BCUT2D eigenvalue weighted by Gasteiger charge is -2.10. The van der Waals surface area contributed by atoms with Gasteiger partial charge in [0, 0.05) is 19.0 Å². The first kappa shape index (κ1) is 13.2. The van der Waals surface area contributed by atoms with Crippen LogP contribution in [0.2, 0.25) is 0 Å². The van der Waals surface area contributed by atoms with E-state index in [9.17, 15) is 0 Å². The minimum atomic E-state index is 0.548. The van der Waals surface area contributed by atoms with Crippen LogP contribution in [0.5, 0.6) is 0 Å². The van der Waals surface area contributed by atoms with Gasteiger partial charge in [0.2, 0.25) is 0 Å². The Balaban J connectivity index is 2.99. The lowest BCUT2D eigenvalue weighted by atomic mass is 10.2. The maximum Gasteiger partial charge on any atom is 0.0591 e. The van der Waals surface area contributed by atoms with Crippen molar-refractivity contribution in [3.8, 4) is 0 Å². The van der Waals surface area contributed by atoms with Crippen LogP contribution in [0.1, 0.15) is 20.8 Å². The van der Waals surface area contributed by atoms with E-state index >= 15 is 0 Å². The van der Waals surface area contributed by atoms with E-state index in [2.05, 4.69) is 26.1 Å². The molecule has 0 fully saturated rings. The summed E-state index contributed by atoms with van der Waals surface area (Å²) in [5, 5.41) is 3.30. The van der Waals surface area contributed by atoms with Crippen LogP contribution in [0.4, 0.5) is 0 Å². The summed E-state index contributed by atoms with van der Waals surface area (Å²) in [6.45, 7) is 10.0. The minimum Gasteiger partial charge on any atom is -0.380 e. The molecule has 0 saturated heterocycles. The Labute approximate surface area is 87.0 Å². The van der Waals surface area contributed by atoms with Crippen molar-refractivity contribution >= 4 is 11.6 Å². The zero-order valence-corrected chi connectivity index (χ0v) is 9.73. The molecule has 1 N–H and O–H groups in total. The van der Waals surface area contributed by atoms with E-state index in [-0.39, 0.29) is 0 Å². The Bertz CT molecular complexity index is 109. The molecule has 0 saturated carbocycles. The number of nitrogens with one attached hydrogen (secondary N) is 1. The molecule has 0 aliphatic heterocycles. The topological polar surface area (TPSA) is 21.3 Å². The molecular formula is C10H22ClNO. The van der Waals surface area contributed by atoms with Gasteiger partial charge in [-0.1, -0.05) is 20.8 Å². The monoisotopic (exact) mass is 207 g/mol. The van der Waals surface area contributed by atoms with E-state index in [0.717, 1.165) is 32.2 Å². The highest BCUT2D eigenvalue weighted by Crippen LogP contribution is 1.94. The summed E-state index contributed by atoms with van der Waals surface area (Å²) < 4.78 is 5.42. The predicted octanol–water partition coefficient (Wildman–Crippen LogP) is 2.12. The highest BCUT2D eigenvalue weighted by molar-refractivity contribution is 6.18. The van der Waals surface area contributed by atoms with Crippen LogP contribution in [0.15, 0.2) is 0 Å². The molecule has 0 amide bonds. The van der Waals surface area contributed by atoms with E-state index in [1.54, 1.807) is 0 Å². The lowest BCUT2D eigenvalue weighted by molar-refractivity contribution is 0.111. The molecule has 0 aliphatic carbocycles. The molecule has 2 nitrogen and oxygen atoms in total. The molecule has 80 valence electrons. The molecule has 0 bridgehead atoms. The number of halogens is 1. The van der Waals surface area contributed by atoms with Gasteiger partial charge in [-0.05, 0) is 18.4 Å². The van der Waals surface area contributed by atoms with Crippen molar-refractivity contribution in [3.63, 3.8) is 0 Å². The third-order valence-corrected chi connectivity index (χ3v) is 2.16. The summed E-state index contributed by atoms with van der Waals surface area (Å²) >= 11 is 5.66. The van der Waals surface area contributed by atoms with E-state index < -0.39 is 0 Å². The first-order chi connectivity index (χ1) is 6.16. The van der Waals surface area contributed by atoms with Crippen LogP contribution in [0.25, 0.3) is 0 Å². The van der Waals surface area contributed by atoms with Crippen LogP contribution in [-0.4, -0.2) is 32.2 Å². The fraction of sp³-hybridized carbons (Fsp3) is 1.00. The number of alkyl halides is 1. The average molecular weight is 208 g/mol. The summed E-state index contributed by atoms with van der Waals surface area (Å²) in [7, 11) is 0. The van der Waals surface area contributed by atoms with E-state index in [4.69, 9.17) is 16.3 Å². The number of hydrogen-bond donors (Lipinski definition) is 1. The van der Waals surface area contributed by atoms with Crippen LogP contribution in [-0.2, 0) is 4.74 Å². The summed E-state index contributed by atoms with van der Waals surface area (Å²) in [5.41, 5.74) is 0. The Morgan fingerprint density at radius 3 is 2.54 bits per heavy atom. The van der Waals surface area contributed by atoms with Gasteiger partial charge in [-0.25, -0.2) is 0 Å². The maximum atomic E-state index is 5.66. The van der Waals surface area contributed by atoms with Crippen LogP contribution < -0.4 is 5.32 Å². The summed E-state index contributed by atoms with van der Waals surface area (Å²) in [6.07, 6.45) is 0. The Morgan fingerprint density at radius 2 is 2.00 bits per heavy atom. The Hall–Kier alpha value is 0.210.